The van der Waals surface area contributed by atoms with E-state index in [2.05, 4.69) is 20.2 Å². The minimum atomic E-state index is -4.62. The lowest BCUT2D eigenvalue weighted by molar-refractivity contribution is -0.157. The van der Waals surface area contributed by atoms with Crippen LogP contribution in [0.25, 0.3) is 11.4 Å². The predicted molar refractivity (Wildman–Crippen MR) is 105 cm³/mol. The third-order valence-electron chi connectivity index (χ3n) is 5.39. The van der Waals surface area contributed by atoms with Crippen LogP contribution in [0.2, 0.25) is 0 Å². The normalized spacial score (nSPS) is 17.8. The Hall–Kier alpha value is -3.53. The van der Waals surface area contributed by atoms with Gasteiger partial charge in [-0.3, -0.25) is 10.00 Å². The molecule has 7 nitrogen and oxygen atoms in total. The maximum atomic E-state index is 13.9. The van der Waals surface area contributed by atoms with Crippen molar-refractivity contribution in [3.63, 3.8) is 0 Å². The average Bonchev–Trinajstić information content (AvgIpc) is 3.41. The SMILES string of the molecule is N#Cc1c[nH]c(-c2n[nH]cc2CN2CCN(c3ccc(C(F)(F)F)cn3)[C@H](C(F)(F)F)C2)c1. The van der Waals surface area contributed by atoms with Crippen molar-refractivity contribution in [2.45, 2.75) is 24.9 Å². The summed E-state index contributed by atoms with van der Waals surface area (Å²) in [6.07, 6.45) is -5.62. The number of nitriles is 1. The lowest BCUT2D eigenvalue weighted by Gasteiger charge is -2.42. The molecular weight excluding hydrogens is 452 g/mol. The zero-order valence-electron chi connectivity index (χ0n) is 16.9. The summed E-state index contributed by atoms with van der Waals surface area (Å²) >= 11 is 0. The van der Waals surface area contributed by atoms with E-state index in [1.807, 2.05) is 6.07 Å². The van der Waals surface area contributed by atoms with Crippen molar-refractivity contribution in [1.82, 2.24) is 25.1 Å². The van der Waals surface area contributed by atoms with E-state index in [1.54, 1.807) is 17.2 Å². The van der Waals surface area contributed by atoms with Gasteiger partial charge in [-0.05, 0) is 18.2 Å². The van der Waals surface area contributed by atoms with E-state index in [0.29, 0.717) is 28.7 Å². The van der Waals surface area contributed by atoms with E-state index in [4.69, 9.17) is 5.26 Å². The van der Waals surface area contributed by atoms with Crippen molar-refractivity contribution >= 4 is 5.82 Å². The Labute approximate surface area is 183 Å². The second-order valence-electron chi connectivity index (χ2n) is 7.56. The summed E-state index contributed by atoms with van der Waals surface area (Å²) in [5.41, 5.74) is 1.07. The second-order valence-corrected chi connectivity index (χ2v) is 7.56. The van der Waals surface area contributed by atoms with Crippen LogP contribution in [0.15, 0.2) is 36.8 Å². The van der Waals surface area contributed by atoms with E-state index in [0.717, 1.165) is 17.0 Å². The van der Waals surface area contributed by atoms with E-state index in [1.165, 1.54) is 6.20 Å². The highest BCUT2D eigenvalue weighted by Crippen LogP contribution is 2.34. The maximum absolute atomic E-state index is 13.9. The summed E-state index contributed by atoms with van der Waals surface area (Å²) in [4.78, 5) is 9.13. The molecule has 0 amide bonds. The molecular formula is C20H17F6N7. The Morgan fingerprint density at radius 3 is 2.52 bits per heavy atom. The zero-order valence-corrected chi connectivity index (χ0v) is 16.9. The quantitative estimate of drug-likeness (QED) is 0.566. The number of aromatic amines is 2. The lowest BCUT2D eigenvalue weighted by Crippen LogP contribution is -2.59. The minimum absolute atomic E-state index is 0.0726. The summed E-state index contributed by atoms with van der Waals surface area (Å²) in [5, 5.41) is 15.8. The molecule has 0 bridgehead atoms. The molecule has 3 aromatic heterocycles. The molecule has 0 radical (unpaired) electrons. The number of hydrogen-bond acceptors (Lipinski definition) is 5. The Morgan fingerprint density at radius 1 is 1.12 bits per heavy atom. The number of alkyl halides is 6. The first-order valence-electron chi connectivity index (χ1n) is 9.77. The smallest absolute Gasteiger partial charge is 0.359 e. The number of pyridine rings is 1. The molecule has 1 saturated heterocycles. The van der Waals surface area contributed by atoms with Gasteiger partial charge in [-0.25, -0.2) is 4.98 Å². The van der Waals surface area contributed by atoms with Crippen molar-refractivity contribution in [3.8, 4) is 17.5 Å². The van der Waals surface area contributed by atoms with Crippen molar-refractivity contribution in [1.29, 1.82) is 5.26 Å². The van der Waals surface area contributed by atoms with Crippen molar-refractivity contribution < 1.29 is 26.3 Å². The standard InChI is InChI=1S/C20H17F6N7/c21-19(22,23)14-1-2-17(29-9-14)33-4-3-32(11-16(33)20(24,25)26)10-13-8-30-31-18(13)15-5-12(6-27)7-28-15/h1-2,5,7-9,16,28H,3-4,10-11H2,(H,30,31)/t16-/m0/s1. The Kier molecular flexibility index (Phi) is 5.79. The van der Waals surface area contributed by atoms with Crippen LogP contribution in [-0.4, -0.2) is 56.9 Å². The van der Waals surface area contributed by atoms with Crippen molar-refractivity contribution in [2.75, 3.05) is 24.5 Å². The molecule has 1 aliphatic rings. The van der Waals surface area contributed by atoms with Crippen LogP contribution < -0.4 is 4.90 Å². The largest absolute Gasteiger partial charge is 0.417 e. The first-order chi connectivity index (χ1) is 15.6. The highest BCUT2D eigenvalue weighted by atomic mass is 19.4. The number of halogens is 6. The maximum Gasteiger partial charge on any atom is 0.417 e. The first kappa shape index (κ1) is 22.7. The van der Waals surface area contributed by atoms with Gasteiger partial charge in [0, 0.05) is 50.3 Å². The minimum Gasteiger partial charge on any atom is -0.359 e. The van der Waals surface area contributed by atoms with Crippen LogP contribution in [-0.2, 0) is 12.7 Å². The zero-order chi connectivity index (χ0) is 23.8. The van der Waals surface area contributed by atoms with E-state index >= 15 is 0 Å². The summed E-state index contributed by atoms with van der Waals surface area (Å²) in [6.45, 7) is -0.0799. The van der Waals surface area contributed by atoms with E-state index in [9.17, 15) is 26.3 Å². The van der Waals surface area contributed by atoms with Crippen LogP contribution >= 0.6 is 0 Å². The molecule has 174 valence electrons. The molecule has 1 fully saturated rings. The van der Waals surface area contributed by atoms with Gasteiger partial charge in [-0.15, -0.1) is 0 Å². The molecule has 1 aliphatic heterocycles. The van der Waals surface area contributed by atoms with Gasteiger partial charge in [0.1, 0.15) is 23.6 Å². The van der Waals surface area contributed by atoms with Gasteiger partial charge in [0.05, 0.1) is 16.8 Å². The van der Waals surface area contributed by atoms with Gasteiger partial charge >= 0.3 is 12.4 Å². The summed E-state index contributed by atoms with van der Waals surface area (Å²) in [6, 6.07) is 3.32. The summed E-state index contributed by atoms with van der Waals surface area (Å²) in [5.74, 6) is -0.163. The number of hydrogen-bond donors (Lipinski definition) is 2. The molecule has 13 heteroatoms. The molecule has 0 aliphatic carbocycles. The third-order valence-corrected chi connectivity index (χ3v) is 5.39. The molecule has 33 heavy (non-hydrogen) atoms. The number of H-pyrrole nitrogens is 2. The molecule has 1 atom stereocenters. The van der Waals surface area contributed by atoms with Crippen molar-refractivity contribution in [3.05, 3.63) is 53.5 Å². The van der Waals surface area contributed by atoms with Crippen LogP contribution in [0.1, 0.15) is 16.7 Å². The predicted octanol–water partition coefficient (Wildman–Crippen LogP) is 3.94. The molecule has 4 rings (SSSR count). The van der Waals surface area contributed by atoms with Gasteiger partial charge in [0.2, 0.25) is 0 Å². The lowest BCUT2D eigenvalue weighted by atomic mass is 10.1. The number of nitrogens with one attached hydrogen (secondary N) is 2. The Morgan fingerprint density at radius 2 is 1.91 bits per heavy atom. The molecule has 3 aromatic rings. The van der Waals surface area contributed by atoms with Gasteiger partial charge < -0.3 is 9.88 Å². The highest BCUT2D eigenvalue weighted by molar-refractivity contribution is 5.60. The van der Waals surface area contributed by atoms with Gasteiger partial charge in [0.25, 0.3) is 0 Å². The Bertz CT molecular complexity index is 1140. The topological polar surface area (TPSA) is 87.6 Å². The molecule has 0 spiro atoms. The van der Waals surface area contributed by atoms with Crippen molar-refractivity contribution in [2.24, 2.45) is 0 Å². The average molecular weight is 469 g/mol. The fraction of sp³-hybridized carbons (Fsp3) is 0.350. The van der Waals surface area contributed by atoms with Crippen LogP contribution in [0.5, 0.6) is 0 Å². The fourth-order valence-electron chi connectivity index (χ4n) is 3.77. The summed E-state index contributed by atoms with van der Waals surface area (Å²) in [7, 11) is 0. The third kappa shape index (κ3) is 4.80. The van der Waals surface area contributed by atoms with Crippen LogP contribution in [0, 0.1) is 11.3 Å². The first-order valence-corrected chi connectivity index (χ1v) is 9.77. The Balaban J connectivity index is 1.52. The van der Waals surface area contributed by atoms with Crippen LogP contribution in [0.3, 0.4) is 0 Å². The van der Waals surface area contributed by atoms with Crippen LogP contribution in [0.4, 0.5) is 32.2 Å². The monoisotopic (exact) mass is 469 g/mol. The molecule has 4 heterocycles. The molecule has 2 N–H and O–H groups in total. The second kappa shape index (κ2) is 8.43. The molecule has 0 saturated carbocycles. The van der Waals surface area contributed by atoms with Gasteiger partial charge in [-0.2, -0.15) is 36.7 Å². The number of rotatable bonds is 4. The van der Waals surface area contributed by atoms with Gasteiger partial charge in [-0.1, -0.05) is 0 Å². The fourth-order valence-corrected chi connectivity index (χ4v) is 3.77. The highest BCUT2D eigenvalue weighted by Gasteiger charge is 2.47. The number of piperazine rings is 1. The van der Waals surface area contributed by atoms with E-state index in [-0.39, 0.29) is 25.5 Å². The molecule has 0 aromatic carbocycles. The number of nitrogens with zero attached hydrogens (tertiary/aromatic N) is 5. The number of aromatic nitrogens is 4. The van der Waals surface area contributed by atoms with E-state index < -0.39 is 30.5 Å². The molecule has 0 unspecified atom stereocenters. The van der Waals surface area contributed by atoms with Gasteiger partial charge in [0.15, 0.2) is 0 Å². The summed E-state index contributed by atoms with van der Waals surface area (Å²) < 4.78 is 79.9. The number of anilines is 1.